The fourth-order valence-electron chi connectivity index (χ4n) is 2.07. The van der Waals surface area contributed by atoms with Gasteiger partial charge in [-0.2, -0.15) is 4.31 Å². The lowest BCUT2D eigenvalue weighted by molar-refractivity contribution is 0.158. The van der Waals surface area contributed by atoms with Gasteiger partial charge >= 0.3 is 0 Å². The number of hydrogen-bond donors (Lipinski definition) is 1. The molecule has 0 saturated carbocycles. The van der Waals surface area contributed by atoms with E-state index < -0.39 is 16.1 Å². The van der Waals surface area contributed by atoms with Gasteiger partial charge in [-0.3, -0.25) is 0 Å². The first-order chi connectivity index (χ1) is 10.4. The zero-order chi connectivity index (χ0) is 16.3. The summed E-state index contributed by atoms with van der Waals surface area (Å²) in [7, 11) is -0.850. The number of benzene rings is 1. The molecule has 1 aromatic carbocycles. The van der Waals surface area contributed by atoms with E-state index in [-0.39, 0.29) is 11.4 Å². The number of aryl methyl sites for hydroxylation is 1. The first-order valence-corrected chi connectivity index (χ1v) is 9.00. The maximum Gasteiger partial charge on any atom is 0.246 e. The van der Waals surface area contributed by atoms with Crippen molar-refractivity contribution in [2.75, 3.05) is 20.7 Å². The number of aliphatic hydroxyl groups is 1. The van der Waals surface area contributed by atoms with Gasteiger partial charge in [0.25, 0.3) is 0 Å². The molecule has 1 heterocycles. The highest BCUT2D eigenvalue weighted by Crippen LogP contribution is 2.28. The number of methoxy groups -OCH3 is 1. The normalized spacial score (nSPS) is 13.3. The summed E-state index contributed by atoms with van der Waals surface area (Å²) in [6.07, 6.45) is -0.851. The van der Waals surface area contributed by atoms with E-state index in [2.05, 4.69) is 0 Å². The number of rotatable bonds is 6. The van der Waals surface area contributed by atoms with Crippen LogP contribution in [0.2, 0.25) is 0 Å². The maximum atomic E-state index is 12.7. The van der Waals surface area contributed by atoms with Crippen LogP contribution < -0.4 is 4.74 Å². The molecule has 0 fully saturated rings. The molecule has 0 aliphatic rings. The molecule has 1 unspecified atom stereocenters. The van der Waals surface area contributed by atoms with Crippen LogP contribution in [-0.2, 0) is 10.0 Å². The number of likely N-dealkylation sites (N-methyl/N-ethyl adjacent to an activating group) is 1. The Labute approximate surface area is 134 Å². The van der Waals surface area contributed by atoms with E-state index in [0.717, 1.165) is 14.7 Å². The van der Waals surface area contributed by atoms with Crippen LogP contribution in [0.1, 0.15) is 16.5 Å². The molecular formula is C15H19NO4S2. The molecule has 0 bridgehead atoms. The van der Waals surface area contributed by atoms with Gasteiger partial charge in [-0.05, 0) is 36.1 Å². The van der Waals surface area contributed by atoms with E-state index in [1.165, 1.54) is 25.5 Å². The van der Waals surface area contributed by atoms with Gasteiger partial charge in [-0.25, -0.2) is 8.42 Å². The molecule has 2 aromatic rings. The molecule has 1 N–H and O–H groups in total. The van der Waals surface area contributed by atoms with Crippen LogP contribution >= 0.6 is 11.3 Å². The topological polar surface area (TPSA) is 66.8 Å². The average Bonchev–Trinajstić information content (AvgIpc) is 3.01. The molecule has 0 amide bonds. The fraction of sp³-hybridized carbons (Fsp3) is 0.333. The number of sulfonamides is 1. The van der Waals surface area contributed by atoms with Crippen LogP contribution in [0.4, 0.5) is 0 Å². The number of nitrogens with zero attached hydrogens (tertiary/aromatic N) is 1. The number of aliphatic hydroxyl groups excluding tert-OH is 1. The van der Waals surface area contributed by atoms with Crippen molar-refractivity contribution in [2.45, 2.75) is 17.9 Å². The Balaban J connectivity index is 2.28. The van der Waals surface area contributed by atoms with Crippen LogP contribution in [0.3, 0.4) is 0 Å². The minimum absolute atomic E-state index is 0.0139. The monoisotopic (exact) mass is 341 g/mol. The van der Waals surface area contributed by atoms with Crippen LogP contribution in [-0.4, -0.2) is 38.5 Å². The van der Waals surface area contributed by atoms with Crippen molar-refractivity contribution in [2.24, 2.45) is 0 Å². The summed E-state index contributed by atoms with van der Waals surface area (Å²) in [6.45, 7) is 1.80. The van der Waals surface area contributed by atoms with Gasteiger partial charge in [0.05, 0.1) is 7.11 Å². The van der Waals surface area contributed by atoms with Crippen LogP contribution in [0.25, 0.3) is 0 Å². The van der Waals surface area contributed by atoms with E-state index in [1.54, 1.807) is 24.3 Å². The smallest absolute Gasteiger partial charge is 0.246 e. The Bertz CT molecular complexity index is 726. The van der Waals surface area contributed by atoms with Gasteiger partial charge in [0, 0.05) is 18.5 Å². The molecule has 1 atom stereocenters. The van der Waals surface area contributed by atoms with Gasteiger partial charge in [0.1, 0.15) is 16.7 Å². The third kappa shape index (κ3) is 3.49. The van der Waals surface area contributed by atoms with Crippen molar-refractivity contribution in [3.63, 3.8) is 0 Å². The van der Waals surface area contributed by atoms with Crippen molar-refractivity contribution in [1.29, 1.82) is 0 Å². The summed E-state index contributed by atoms with van der Waals surface area (Å²) in [5.74, 6) is 0.295. The van der Waals surface area contributed by atoms with E-state index >= 15 is 0 Å². The lowest BCUT2D eigenvalue weighted by atomic mass is 10.2. The minimum atomic E-state index is -3.74. The molecule has 0 aliphatic carbocycles. The summed E-state index contributed by atoms with van der Waals surface area (Å²) >= 11 is 1.39. The van der Waals surface area contributed by atoms with Gasteiger partial charge in [-0.15, -0.1) is 11.3 Å². The summed E-state index contributed by atoms with van der Waals surface area (Å²) in [5.41, 5.74) is 0.826. The van der Waals surface area contributed by atoms with Crippen molar-refractivity contribution in [1.82, 2.24) is 4.31 Å². The molecule has 7 heteroatoms. The lowest BCUT2D eigenvalue weighted by Crippen LogP contribution is -2.31. The molecule has 5 nitrogen and oxygen atoms in total. The second-order valence-corrected chi connectivity index (χ2v) is 7.96. The molecule has 0 aliphatic heterocycles. The summed E-state index contributed by atoms with van der Waals surface area (Å²) in [4.78, 5) is 0.842. The third-order valence-electron chi connectivity index (χ3n) is 3.31. The number of ether oxygens (including phenoxy) is 1. The number of hydrogen-bond acceptors (Lipinski definition) is 5. The summed E-state index contributed by atoms with van der Waals surface area (Å²) in [6, 6.07) is 8.59. The third-order valence-corrected chi connectivity index (χ3v) is 6.13. The Morgan fingerprint density at radius 1 is 1.36 bits per heavy atom. The van der Waals surface area contributed by atoms with Crippen LogP contribution in [0.15, 0.2) is 40.6 Å². The molecule has 1 aromatic heterocycles. The minimum Gasteiger partial charge on any atom is -0.495 e. The number of thiophene rings is 1. The molecule has 0 radical (unpaired) electrons. The molecule has 0 saturated heterocycles. The predicted octanol–water partition coefficient (Wildman–Crippen LogP) is 2.42. The van der Waals surface area contributed by atoms with Crippen molar-refractivity contribution >= 4 is 21.4 Å². The standard InChI is InChI=1S/C15H19NO4S2/c1-11-6-7-13(20-3)15(9-11)22(18,19)16(2)10-12(17)14-5-4-8-21-14/h4-9,12,17H,10H2,1-3H3. The Hall–Kier alpha value is -1.41. The van der Waals surface area contributed by atoms with Gasteiger partial charge in [0.15, 0.2) is 0 Å². The molecule has 22 heavy (non-hydrogen) atoms. The molecule has 120 valence electrons. The molecule has 2 rings (SSSR count). The second kappa shape index (κ2) is 6.78. The SMILES string of the molecule is COc1ccc(C)cc1S(=O)(=O)N(C)CC(O)c1cccs1. The Morgan fingerprint density at radius 3 is 2.68 bits per heavy atom. The molecule has 0 spiro atoms. The molecular weight excluding hydrogens is 322 g/mol. The average molecular weight is 341 g/mol. The van der Waals surface area contributed by atoms with Crippen LogP contribution in [0, 0.1) is 6.92 Å². The zero-order valence-corrected chi connectivity index (χ0v) is 14.3. The van der Waals surface area contributed by atoms with E-state index in [4.69, 9.17) is 4.74 Å². The quantitative estimate of drug-likeness (QED) is 0.876. The largest absolute Gasteiger partial charge is 0.495 e. The zero-order valence-electron chi connectivity index (χ0n) is 12.7. The second-order valence-electron chi connectivity index (χ2n) is 4.97. The highest BCUT2D eigenvalue weighted by Gasteiger charge is 2.27. The van der Waals surface area contributed by atoms with E-state index in [1.807, 2.05) is 18.4 Å². The van der Waals surface area contributed by atoms with Crippen molar-refractivity contribution in [3.8, 4) is 5.75 Å². The highest BCUT2D eigenvalue weighted by atomic mass is 32.2. The van der Waals surface area contributed by atoms with Crippen LogP contribution in [0.5, 0.6) is 5.75 Å². The first-order valence-electron chi connectivity index (χ1n) is 6.68. The van der Waals surface area contributed by atoms with Gasteiger partial charge in [-0.1, -0.05) is 12.1 Å². The van der Waals surface area contributed by atoms with Crippen molar-refractivity contribution in [3.05, 3.63) is 46.2 Å². The highest BCUT2D eigenvalue weighted by molar-refractivity contribution is 7.89. The Morgan fingerprint density at radius 2 is 2.09 bits per heavy atom. The van der Waals surface area contributed by atoms with Gasteiger partial charge < -0.3 is 9.84 Å². The predicted molar refractivity (Wildman–Crippen MR) is 86.8 cm³/mol. The summed E-state index contributed by atoms with van der Waals surface area (Å²) in [5, 5.41) is 12.0. The Kier molecular flexibility index (Phi) is 5.23. The fourth-order valence-corrected chi connectivity index (χ4v) is 4.18. The lowest BCUT2D eigenvalue weighted by Gasteiger charge is -2.21. The van der Waals surface area contributed by atoms with E-state index in [9.17, 15) is 13.5 Å². The maximum absolute atomic E-state index is 12.7. The van der Waals surface area contributed by atoms with Gasteiger partial charge in [0.2, 0.25) is 10.0 Å². The summed E-state index contributed by atoms with van der Waals surface area (Å²) < 4.78 is 31.7. The first kappa shape index (κ1) is 17.0. The van der Waals surface area contributed by atoms with E-state index in [0.29, 0.717) is 5.75 Å². The van der Waals surface area contributed by atoms with Crippen molar-refractivity contribution < 1.29 is 18.3 Å².